The average molecular weight is 361 g/mol. The third-order valence-corrected chi connectivity index (χ3v) is 3.37. The second-order valence-electron chi connectivity index (χ2n) is 4.92. The average Bonchev–Trinajstić information content (AvgIpc) is 2.56. The first-order valence-corrected chi connectivity index (χ1v) is 7.39. The van der Waals surface area contributed by atoms with Crippen molar-refractivity contribution in [2.45, 2.75) is 6.92 Å². The Hall–Kier alpha value is -3.26. The van der Waals surface area contributed by atoms with Crippen LogP contribution < -0.4 is 10.7 Å². The Kier molecular flexibility index (Phi) is 5.80. The van der Waals surface area contributed by atoms with Crippen molar-refractivity contribution < 1.29 is 14.5 Å². The van der Waals surface area contributed by atoms with Crippen LogP contribution in [0.4, 0.5) is 11.4 Å². The maximum Gasteiger partial charge on any atom is 0.271 e. The molecular formula is C16H13ClN4O4. The van der Waals surface area contributed by atoms with E-state index in [2.05, 4.69) is 15.8 Å². The minimum atomic E-state index is -0.553. The minimum Gasteiger partial charge on any atom is -0.326 e. The van der Waals surface area contributed by atoms with E-state index in [1.54, 1.807) is 12.1 Å². The Balaban J connectivity index is 2.04. The third-order valence-electron chi connectivity index (χ3n) is 3.03. The first kappa shape index (κ1) is 18.1. The highest BCUT2D eigenvalue weighted by Crippen LogP contribution is 2.20. The number of nitrogens with one attached hydrogen (secondary N) is 2. The number of carbonyl (C=O) groups is 2. The second kappa shape index (κ2) is 8.02. The van der Waals surface area contributed by atoms with Gasteiger partial charge in [-0.15, -0.1) is 0 Å². The van der Waals surface area contributed by atoms with Crippen molar-refractivity contribution in [3.05, 3.63) is 68.7 Å². The van der Waals surface area contributed by atoms with E-state index in [4.69, 9.17) is 11.6 Å². The zero-order valence-electron chi connectivity index (χ0n) is 13.0. The largest absolute Gasteiger partial charge is 0.326 e. The van der Waals surface area contributed by atoms with Crippen LogP contribution in [0.5, 0.6) is 0 Å². The van der Waals surface area contributed by atoms with Crippen LogP contribution in [0.15, 0.2) is 47.6 Å². The van der Waals surface area contributed by atoms with Crippen molar-refractivity contribution in [3.63, 3.8) is 0 Å². The molecule has 9 heteroatoms. The number of hydrogen-bond donors (Lipinski definition) is 2. The Morgan fingerprint density at radius 1 is 1.20 bits per heavy atom. The van der Waals surface area contributed by atoms with Gasteiger partial charge in [-0.25, -0.2) is 5.43 Å². The van der Waals surface area contributed by atoms with Gasteiger partial charge in [0, 0.05) is 40.9 Å². The van der Waals surface area contributed by atoms with Gasteiger partial charge in [0.25, 0.3) is 11.6 Å². The molecule has 0 heterocycles. The molecule has 2 aromatic rings. The van der Waals surface area contributed by atoms with Crippen LogP contribution in [-0.2, 0) is 4.79 Å². The van der Waals surface area contributed by atoms with Crippen molar-refractivity contribution in [1.82, 2.24) is 5.43 Å². The molecule has 0 saturated heterocycles. The number of carbonyl (C=O) groups excluding carboxylic acids is 2. The number of non-ortho nitro benzene ring substituents is 1. The van der Waals surface area contributed by atoms with Gasteiger partial charge in [-0.2, -0.15) is 5.10 Å². The first-order valence-electron chi connectivity index (χ1n) is 7.02. The number of hydrazone groups is 1. The molecule has 0 fully saturated rings. The lowest BCUT2D eigenvalue weighted by atomic mass is 10.2. The van der Waals surface area contributed by atoms with Gasteiger partial charge in [-0.3, -0.25) is 19.7 Å². The van der Waals surface area contributed by atoms with Gasteiger partial charge in [-0.05, 0) is 30.3 Å². The Morgan fingerprint density at radius 2 is 1.88 bits per heavy atom. The van der Waals surface area contributed by atoms with Crippen molar-refractivity contribution in [2.75, 3.05) is 5.32 Å². The molecule has 8 nitrogen and oxygen atoms in total. The Bertz CT molecular complexity index is 850. The number of nitrogens with zero attached hydrogens (tertiary/aromatic N) is 2. The lowest BCUT2D eigenvalue weighted by Gasteiger charge is -2.04. The van der Waals surface area contributed by atoms with Crippen LogP contribution in [0.1, 0.15) is 22.8 Å². The smallest absolute Gasteiger partial charge is 0.271 e. The van der Waals surface area contributed by atoms with Gasteiger partial charge in [0.1, 0.15) is 0 Å². The molecule has 2 amide bonds. The van der Waals surface area contributed by atoms with Crippen molar-refractivity contribution >= 4 is 41.0 Å². The van der Waals surface area contributed by atoms with Gasteiger partial charge in [-0.1, -0.05) is 11.6 Å². The quantitative estimate of drug-likeness (QED) is 0.484. The van der Waals surface area contributed by atoms with Crippen LogP contribution in [0.25, 0.3) is 0 Å². The molecule has 0 spiro atoms. The summed E-state index contributed by atoms with van der Waals surface area (Å²) in [5.41, 5.74) is 3.36. The van der Waals surface area contributed by atoms with E-state index in [1.165, 1.54) is 43.5 Å². The van der Waals surface area contributed by atoms with Crippen molar-refractivity contribution in [3.8, 4) is 0 Å². The minimum absolute atomic E-state index is 0.134. The zero-order valence-corrected chi connectivity index (χ0v) is 13.8. The molecule has 0 bridgehead atoms. The first-order chi connectivity index (χ1) is 11.9. The monoisotopic (exact) mass is 360 g/mol. The molecule has 0 atom stereocenters. The molecule has 2 N–H and O–H groups in total. The molecule has 2 rings (SSSR count). The summed E-state index contributed by atoms with van der Waals surface area (Å²) in [6, 6.07) is 10.1. The van der Waals surface area contributed by atoms with Crippen LogP contribution in [-0.4, -0.2) is 23.0 Å². The summed E-state index contributed by atoms with van der Waals surface area (Å²) in [6.45, 7) is 1.38. The van der Waals surface area contributed by atoms with Gasteiger partial charge >= 0.3 is 0 Å². The third kappa shape index (κ3) is 5.11. The molecule has 0 radical (unpaired) electrons. The molecular weight excluding hydrogens is 348 g/mol. The predicted octanol–water partition coefficient (Wildman–Crippen LogP) is 2.97. The number of rotatable bonds is 5. The molecule has 0 aliphatic carbocycles. The topological polar surface area (TPSA) is 114 Å². The molecule has 0 aromatic heterocycles. The summed E-state index contributed by atoms with van der Waals surface area (Å²) in [5.74, 6) is -0.692. The number of halogens is 1. The van der Waals surface area contributed by atoms with Gasteiger partial charge in [0.05, 0.1) is 11.1 Å². The highest BCUT2D eigenvalue weighted by molar-refractivity contribution is 6.33. The van der Waals surface area contributed by atoms with E-state index in [9.17, 15) is 19.7 Å². The normalized spacial score (nSPS) is 10.5. The van der Waals surface area contributed by atoms with E-state index in [-0.39, 0.29) is 16.6 Å². The highest BCUT2D eigenvalue weighted by atomic mass is 35.5. The molecule has 2 aromatic carbocycles. The van der Waals surface area contributed by atoms with Crippen molar-refractivity contribution in [1.29, 1.82) is 0 Å². The Morgan fingerprint density at radius 3 is 2.48 bits per heavy atom. The van der Waals surface area contributed by atoms with E-state index in [0.717, 1.165) is 0 Å². The highest BCUT2D eigenvalue weighted by Gasteiger charge is 2.09. The van der Waals surface area contributed by atoms with Gasteiger partial charge in [0.2, 0.25) is 5.91 Å². The number of amides is 2. The predicted molar refractivity (Wildman–Crippen MR) is 93.9 cm³/mol. The summed E-state index contributed by atoms with van der Waals surface area (Å²) in [6.07, 6.45) is 1.22. The van der Waals surface area contributed by atoms with Crippen LogP contribution in [0, 0.1) is 10.1 Å². The Labute approximate surface area is 147 Å². The summed E-state index contributed by atoms with van der Waals surface area (Å²) in [7, 11) is 0. The standard InChI is InChI=1S/C16H13ClN4O4/c1-10(22)19-13-4-2-11(3-5-13)16(23)20-18-9-12-8-14(21(24)25)6-7-15(12)17/h2-9H,1H3,(H,19,22)(H,20,23). The molecule has 0 aliphatic heterocycles. The lowest BCUT2D eigenvalue weighted by Crippen LogP contribution is -2.17. The summed E-state index contributed by atoms with van der Waals surface area (Å²) >= 11 is 5.93. The number of anilines is 1. The van der Waals surface area contributed by atoms with Crippen LogP contribution in [0.3, 0.4) is 0 Å². The van der Waals surface area contributed by atoms with E-state index in [0.29, 0.717) is 16.8 Å². The van der Waals surface area contributed by atoms with Gasteiger partial charge < -0.3 is 5.32 Å². The number of hydrogen-bond acceptors (Lipinski definition) is 5. The van der Waals surface area contributed by atoms with Crippen LogP contribution >= 0.6 is 11.6 Å². The SMILES string of the molecule is CC(=O)Nc1ccc(C(=O)NN=Cc2cc([N+](=O)[O-])ccc2Cl)cc1. The van der Waals surface area contributed by atoms with Gasteiger partial charge in [0.15, 0.2) is 0 Å². The molecule has 0 aliphatic rings. The summed E-state index contributed by atoms with van der Waals surface area (Å²) in [5, 5.41) is 17.3. The van der Waals surface area contributed by atoms with E-state index >= 15 is 0 Å². The fraction of sp³-hybridized carbons (Fsp3) is 0.0625. The molecule has 0 saturated carbocycles. The van der Waals surface area contributed by atoms with Crippen LogP contribution in [0.2, 0.25) is 5.02 Å². The van der Waals surface area contributed by atoms with E-state index < -0.39 is 10.8 Å². The summed E-state index contributed by atoms with van der Waals surface area (Å²) in [4.78, 5) is 33.1. The maximum absolute atomic E-state index is 12.0. The maximum atomic E-state index is 12.0. The molecule has 128 valence electrons. The van der Waals surface area contributed by atoms with E-state index in [1.807, 2.05) is 0 Å². The second-order valence-corrected chi connectivity index (χ2v) is 5.33. The molecule has 25 heavy (non-hydrogen) atoms. The number of nitro groups is 1. The number of nitro benzene ring substituents is 1. The fourth-order valence-corrected chi connectivity index (χ4v) is 2.04. The fourth-order valence-electron chi connectivity index (χ4n) is 1.88. The lowest BCUT2D eigenvalue weighted by molar-refractivity contribution is -0.384. The molecule has 0 unspecified atom stereocenters. The zero-order chi connectivity index (χ0) is 18.4. The van der Waals surface area contributed by atoms with Crippen molar-refractivity contribution in [2.24, 2.45) is 5.10 Å². The summed E-state index contributed by atoms with van der Waals surface area (Å²) < 4.78 is 0. The number of benzene rings is 2.